The zero-order valence-electron chi connectivity index (χ0n) is 14.1. The molecule has 1 aliphatic rings. The number of carbonyl (C=O) groups excluding carboxylic acids is 2. The molecule has 2 unspecified atom stereocenters. The molecule has 1 heterocycles. The van der Waals surface area contributed by atoms with Crippen molar-refractivity contribution in [2.75, 3.05) is 13.7 Å². The number of hydrogen-bond acceptors (Lipinski definition) is 4. The average Bonchev–Trinajstić information content (AvgIpc) is 2.96. The van der Waals surface area contributed by atoms with Crippen LogP contribution in [0.5, 0.6) is 5.75 Å². The molecule has 1 amide bonds. The van der Waals surface area contributed by atoms with Gasteiger partial charge in [0.25, 0.3) is 0 Å². The topological polar surface area (TPSA) is 55.8 Å². The molecule has 1 saturated heterocycles. The van der Waals surface area contributed by atoms with Crippen molar-refractivity contribution < 1.29 is 19.1 Å². The second-order valence-corrected chi connectivity index (χ2v) is 5.83. The maximum Gasteiger partial charge on any atom is 0.328 e. The summed E-state index contributed by atoms with van der Waals surface area (Å²) in [5.41, 5.74) is 0.983. The smallest absolute Gasteiger partial charge is 0.328 e. The van der Waals surface area contributed by atoms with Gasteiger partial charge in [0.1, 0.15) is 11.8 Å². The van der Waals surface area contributed by atoms with Crippen LogP contribution in [-0.4, -0.2) is 36.5 Å². The van der Waals surface area contributed by atoms with Crippen LogP contribution in [0.1, 0.15) is 51.1 Å². The van der Waals surface area contributed by atoms with Gasteiger partial charge in [0, 0.05) is 6.42 Å². The van der Waals surface area contributed by atoms with E-state index in [1.54, 1.807) is 4.90 Å². The molecule has 0 aromatic heterocycles. The van der Waals surface area contributed by atoms with E-state index in [9.17, 15) is 9.59 Å². The fraction of sp³-hybridized carbons (Fsp3) is 0.556. The molecular formula is C18H25NO4. The van der Waals surface area contributed by atoms with Gasteiger partial charge in [-0.1, -0.05) is 25.5 Å². The lowest BCUT2D eigenvalue weighted by Gasteiger charge is -2.29. The molecule has 23 heavy (non-hydrogen) atoms. The highest BCUT2D eigenvalue weighted by molar-refractivity contribution is 5.88. The summed E-state index contributed by atoms with van der Waals surface area (Å²) in [7, 11) is 1.36. The second kappa shape index (κ2) is 7.99. The largest absolute Gasteiger partial charge is 0.494 e. The van der Waals surface area contributed by atoms with Gasteiger partial charge in [-0.15, -0.1) is 0 Å². The molecule has 2 rings (SSSR count). The summed E-state index contributed by atoms with van der Waals surface area (Å²) in [5.74, 6) is 0.477. The van der Waals surface area contributed by atoms with Crippen molar-refractivity contribution in [1.82, 2.24) is 4.90 Å². The van der Waals surface area contributed by atoms with Gasteiger partial charge in [-0.2, -0.15) is 0 Å². The highest BCUT2D eigenvalue weighted by Crippen LogP contribution is 2.31. The normalized spacial score (nSPS) is 18.8. The molecule has 5 heteroatoms. The third-order valence-electron chi connectivity index (χ3n) is 4.28. The molecule has 0 saturated carbocycles. The number of amides is 1. The first-order valence-electron chi connectivity index (χ1n) is 8.20. The number of rotatable bonds is 7. The minimum atomic E-state index is -0.483. The Kier molecular flexibility index (Phi) is 6.02. The zero-order valence-corrected chi connectivity index (χ0v) is 14.1. The summed E-state index contributed by atoms with van der Waals surface area (Å²) in [5, 5.41) is 0. The summed E-state index contributed by atoms with van der Waals surface area (Å²) in [6, 6.07) is 7.07. The molecule has 0 aliphatic carbocycles. The van der Waals surface area contributed by atoms with Crippen LogP contribution in [0, 0.1) is 0 Å². The molecule has 126 valence electrons. The lowest BCUT2D eigenvalue weighted by Crippen LogP contribution is -2.40. The Bertz CT molecular complexity index is 540. The van der Waals surface area contributed by atoms with Crippen LogP contribution < -0.4 is 4.74 Å². The monoisotopic (exact) mass is 319 g/mol. The fourth-order valence-corrected chi connectivity index (χ4v) is 2.89. The van der Waals surface area contributed by atoms with E-state index in [2.05, 4.69) is 6.92 Å². The molecule has 1 aromatic rings. The second-order valence-electron chi connectivity index (χ2n) is 5.83. The lowest BCUT2D eigenvalue weighted by atomic mass is 10.1. The van der Waals surface area contributed by atoms with Crippen molar-refractivity contribution >= 4 is 11.9 Å². The van der Waals surface area contributed by atoms with Gasteiger partial charge < -0.3 is 14.4 Å². The number of ether oxygens (including phenoxy) is 2. The van der Waals surface area contributed by atoms with E-state index in [0.717, 1.165) is 24.2 Å². The van der Waals surface area contributed by atoms with E-state index < -0.39 is 6.04 Å². The van der Waals surface area contributed by atoms with Gasteiger partial charge in [-0.05, 0) is 37.5 Å². The van der Waals surface area contributed by atoms with E-state index in [-0.39, 0.29) is 17.9 Å². The van der Waals surface area contributed by atoms with Crippen molar-refractivity contribution in [3.8, 4) is 5.75 Å². The van der Waals surface area contributed by atoms with Crippen molar-refractivity contribution in [1.29, 1.82) is 0 Å². The number of nitrogens with zero attached hydrogens (tertiary/aromatic N) is 1. The van der Waals surface area contributed by atoms with Crippen LogP contribution >= 0.6 is 0 Å². The van der Waals surface area contributed by atoms with Crippen LogP contribution in [0.25, 0.3) is 0 Å². The molecular weight excluding hydrogens is 294 g/mol. The fourth-order valence-electron chi connectivity index (χ4n) is 2.89. The van der Waals surface area contributed by atoms with Gasteiger partial charge in [-0.25, -0.2) is 4.79 Å². The number of likely N-dealkylation sites (tertiary alicyclic amines) is 1. The third-order valence-corrected chi connectivity index (χ3v) is 4.28. The molecule has 0 bridgehead atoms. The summed E-state index contributed by atoms with van der Waals surface area (Å²) in [4.78, 5) is 25.7. The molecule has 0 N–H and O–H groups in total. The molecule has 2 atom stereocenters. The Morgan fingerprint density at radius 3 is 2.65 bits per heavy atom. The summed E-state index contributed by atoms with van der Waals surface area (Å²) >= 11 is 0. The van der Waals surface area contributed by atoms with Crippen molar-refractivity contribution in [2.45, 2.75) is 51.6 Å². The predicted molar refractivity (Wildman–Crippen MR) is 87.1 cm³/mol. The third kappa shape index (κ3) is 4.03. The van der Waals surface area contributed by atoms with E-state index in [1.807, 2.05) is 31.2 Å². The van der Waals surface area contributed by atoms with Crippen LogP contribution in [0.3, 0.4) is 0 Å². The number of methoxy groups -OCH3 is 1. The SMILES string of the molecule is CCCCOc1ccc(C(C)N2C(=O)CCC2C(=O)OC)cc1. The highest BCUT2D eigenvalue weighted by atomic mass is 16.5. The Hall–Kier alpha value is -2.04. The number of carbonyl (C=O) groups is 2. The van der Waals surface area contributed by atoms with Crippen molar-refractivity contribution in [3.63, 3.8) is 0 Å². The Morgan fingerprint density at radius 1 is 1.35 bits per heavy atom. The zero-order chi connectivity index (χ0) is 16.8. The number of unbranched alkanes of at least 4 members (excludes halogenated alkanes) is 1. The van der Waals surface area contributed by atoms with E-state index in [1.165, 1.54) is 7.11 Å². The molecule has 0 radical (unpaired) electrons. The van der Waals surface area contributed by atoms with Gasteiger partial charge >= 0.3 is 5.97 Å². The van der Waals surface area contributed by atoms with E-state index in [4.69, 9.17) is 9.47 Å². The first-order valence-corrected chi connectivity index (χ1v) is 8.20. The Labute approximate surface area is 137 Å². The van der Waals surface area contributed by atoms with Gasteiger partial charge in [0.2, 0.25) is 5.91 Å². The van der Waals surface area contributed by atoms with Crippen LogP contribution in [0.2, 0.25) is 0 Å². The summed E-state index contributed by atoms with van der Waals surface area (Å²) in [6.45, 7) is 4.77. The maximum atomic E-state index is 12.2. The minimum absolute atomic E-state index is 0.00354. The van der Waals surface area contributed by atoms with E-state index >= 15 is 0 Å². The molecule has 1 aromatic carbocycles. The number of benzene rings is 1. The number of hydrogen-bond donors (Lipinski definition) is 0. The van der Waals surface area contributed by atoms with Crippen LogP contribution in [-0.2, 0) is 14.3 Å². The molecule has 5 nitrogen and oxygen atoms in total. The van der Waals surface area contributed by atoms with Gasteiger partial charge in [0.15, 0.2) is 0 Å². The lowest BCUT2D eigenvalue weighted by molar-refractivity contribution is -0.150. The summed E-state index contributed by atoms with van der Waals surface area (Å²) in [6.07, 6.45) is 3.04. The van der Waals surface area contributed by atoms with Gasteiger partial charge in [-0.3, -0.25) is 4.79 Å². The van der Waals surface area contributed by atoms with Crippen LogP contribution in [0.15, 0.2) is 24.3 Å². The molecule has 0 spiro atoms. The maximum absolute atomic E-state index is 12.2. The van der Waals surface area contributed by atoms with Crippen LogP contribution in [0.4, 0.5) is 0 Å². The predicted octanol–water partition coefficient (Wildman–Crippen LogP) is 3.09. The Morgan fingerprint density at radius 2 is 2.04 bits per heavy atom. The van der Waals surface area contributed by atoms with Crippen molar-refractivity contribution in [2.24, 2.45) is 0 Å². The van der Waals surface area contributed by atoms with Crippen molar-refractivity contribution in [3.05, 3.63) is 29.8 Å². The highest BCUT2D eigenvalue weighted by Gasteiger charge is 2.39. The summed E-state index contributed by atoms with van der Waals surface area (Å²) < 4.78 is 10.5. The first kappa shape index (κ1) is 17.3. The quantitative estimate of drug-likeness (QED) is 0.572. The number of esters is 1. The standard InChI is InChI=1S/C18H25NO4/c1-4-5-12-23-15-8-6-14(7-9-15)13(2)19-16(18(21)22-3)10-11-17(19)20/h6-9,13,16H,4-5,10-12H2,1-3H3. The average molecular weight is 319 g/mol. The van der Waals surface area contributed by atoms with Gasteiger partial charge in [0.05, 0.1) is 19.8 Å². The first-order chi connectivity index (χ1) is 11.1. The molecule has 1 fully saturated rings. The minimum Gasteiger partial charge on any atom is -0.494 e. The Balaban J connectivity index is 2.07. The van der Waals surface area contributed by atoms with E-state index in [0.29, 0.717) is 19.4 Å². The molecule has 1 aliphatic heterocycles.